The number of carbonyl (C=O) groups excluding carboxylic acids is 2. The highest BCUT2D eigenvalue weighted by molar-refractivity contribution is 8.03. The monoisotopic (exact) mass is 407 g/mol. The van der Waals surface area contributed by atoms with Gasteiger partial charge in [-0.15, -0.1) is 11.8 Å². The van der Waals surface area contributed by atoms with Crippen molar-refractivity contribution in [2.45, 2.75) is 38.4 Å². The second-order valence-corrected chi connectivity index (χ2v) is 7.91. The molecule has 1 amide bonds. The van der Waals surface area contributed by atoms with E-state index < -0.39 is 23.8 Å². The molecule has 8 heteroatoms. The van der Waals surface area contributed by atoms with Crippen LogP contribution in [0.1, 0.15) is 25.3 Å². The maximum atomic E-state index is 15.1. The summed E-state index contributed by atoms with van der Waals surface area (Å²) in [6.45, 7) is 2.68. The van der Waals surface area contributed by atoms with Gasteiger partial charge in [0.25, 0.3) is 5.91 Å². The first kappa shape index (κ1) is 20.5. The Morgan fingerprint density at radius 3 is 2.71 bits per heavy atom. The first-order valence-corrected chi connectivity index (χ1v) is 10.2. The van der Waals surface area contributed by atoms with Crippen LogP contribution < -0.4 is 11.1 Å². The van der Waals surface area contributed by atoms with Crippen molar-refractivity contribution in [2.75, 3.05) is 12.3 Å². The SMILES string of the molecule is CCCCNC(=O)C1=CN(Cc2ccc(F)cc2)C2C(=O)[C@@H](N)CSC2=C1F. The highest BCUT2D eigenvalue weighted by Crippen LogP contribution is 2.40. The molecule has 0 bridgehead atoms. The van der Waals surface area contributed by atoms with E-state index in [4.69, 9.17) is 5.73 Å². The number of amides is 1. The van der Waals surface area contributed by atoms with Crippen LogP contribution in [0.4, 0.5) is 8.78 Å². The molecule has 2 aliphatic heterocycles. The third kappa shape index (κ3) is 4.28. The van der Waals surface area contributed by atoms with Gasteiger partial charge in [-0.05, 0) is 24.1 Å². The minimum atomic E-state index is -0.869. The number of nitrogens with zero attached hydrogens (tertiary/aromatic N) is 1. The highest BCUT2D eigenvalue weighted by Gasteiger charge is 2.42. The molecule has 2 heterocycles. The largest absolute Gasteiger partial charge is 0.358 e. The van der Waals surface area contributed by atoms with E-state index in [0.29, 0.717) is 6.54 Å². The van der Waals surface area contributed by atoms with Gasteiger partial charge in [-0.1, -0.05) is 25.5 Å². The van der Waals surface area contributed by atoms with Gasteiger partial charge >= 0.3 is 0 Å². The Labute approximate surface area is 167 Å². The van der Waals surface area contributed by atoms with Gasteiger partial charge in [0, 0.05) is 25.0 Å². The Hall–Kier alpha value is -2.19. The molecule has 2 atom stereocenters. The van der Waals surface area contributed by atoms with Crippen molar-refractivity contribution in [1.82, 2.24) is 10.2 Å². The third-order valence-corrected chi connectivity index (χ3v) is 5.96. The molecule has 28 heavy (non-hydrogen) atoms. The molecule has 0 aromatic heterocycles. The predicted octanol–water partition coefficient (Wildman–Crippen LogP) is 2.63. The number of Topliss-reactive ketones (excluding diaryl/α,β-unsaturated/α-hetero) is 1. The number of halogens is 2. The maximum Gasteiger partial charge on any atom is 0.255 e. The molecule has 0 aliphatic carbocycles. The summed E-state index contributed by atoms with van der Waals surface area (Å²) in [5, 5.41) is 2.71. The summed E-state index contributed by atoms with van der Waals surface area (Å²) in [4.78, 5) is 27.0. The Morgan fingerprint density at radius 2 is 2.04 bits per heavy atom. The fourth-order valence-electron chi connectivity index (χ4n) is 3.17. The molecule has 3 rings (SSSR count). The molecule has 1 aromatic rings. The number of unbranched alkanes of at least 4 members (excludes halogenated alkanes) is 1. The summed E-state index contributed by atoms with van der Waals surface area (Å²) in [6, 6.07) is 4.27. The van der Waals surface area contributed by atoms with E-state index in [0.717, 1.165) is 18.4 Å². The molecule has 5 nitrogen and oxygen atoms in total. The van der Waals surface area contributed by atoms with Crippen molar-refractivity contribution in [1.29, 1.82) is 0 Å². The summed E-state index contributed by atoms with van der Waals surface area (Å²) in [5.74, 6) is -1.56. The fraction of sp³-hybridized carbons (Fsp3) is 0.400. The van der Waals surface area contributed by atoms with E-state index >= 15 is 4.39 Å². The summed E-state index contributed by atoms with van der Waals surface area (Å²) in [7, 11) is 0. The summed E-state index contributed by atoms with van der Waals surface area (Å²) < 4.78 is 28.3. The van der Waals surface area contributed by atoms with Crippen molar-refractivity contribution in [3.63, 3.8) is 0 Å². The van der Waals surface area contributed by atoms with Gasteiger partial charge < -0.3 is 16.0 Å². The molecule has 2 aliphatic rings. The van der Waals surface area contributed by atoms with Gasteiger partial charge in [0.05, 0.1) is 16.5 Å². The molecule has 0 saturated carbocycles. The minimum Gasteiger partial charge on any atom is -0.358 e. The van der Waals surface area contributed by atoms with Crippen molar-refractivity contribution in [3.05, 3.63) is 58.2 Å². The average Bonchev–Trinajstić information content (AvgIpc) is 2.68. The second kappa shape index (κ2) is 8.87. The lowest BCUT2D eigenvalue weighted by atomic mass is 9.98. The van der Waals surface area contributed by atoms with Crippen LogP contribution >= 0.6 is 11.8 Å². The van der Waals surface area contributed by atoms with Crippen molar-refractivity contribution in [3.8, 4) is 0 Å². The van der Waals surface area contributed by atoms with Gasteiger partial charge in [-0.2, -0.15) is 0 Å². The third-order valence-electron chi connectivity index (χ3n) is 4.72. The fourth-order valence-corrected chi connectivity index (χ4v) is 4.34. The van der Waals surface area contributed by atoms with Gasteiger partial charge in [0.2, 0.25) is 0 Å². The summed E-state index contributed by atoms with van der Waals surface area (Å²) >= 11 is 1.17. The van der Waals surface area contributed by atoms with Crippen molar-refractivity contribution in [2.24, 2.45) is 5.73 Å². The number of fused-ring (bicyclic) bond motifs is 1. The smallest absolute Gasteiger partial charge is 0.255 e. The first-order chi connectivity index (χ1) is 13.4. The zero-order valence-corrected chi connectivity index (χ0v) is 16.4. The molecule has 1 unspecified atom stereocenters. The Bertz CT molecular complexity index is 823. The lowest BCUT2D eigenvalue weighted by Gasteiger charge is -2.39. The predicted molar refractivity (Wildman–Crippen MR) is 105 cm³/mol. The topological polar surface area (TPSA) is 75.4 Å². The minimum absolute atomic E-state index is 0.0970. The molecule has 3 N–H and O–H groups in total. The lowest BCUT2D eigenvalue weighted by molar-refractivity contribution is -0.124. The van der Waals surface area contributed by atoms with Crippen molar-refractivity contribution >= 4 is 23.5 Å². The van der Waals surface area contributed by atoms with Crippen LogP contribution in [0.2, 0.25) is 0 Å². The number of rotatable bonds is 6. The van der Waals surface area contributed by atoms with Crippen LogP contribution in [0, 0.1) is 5.82 Å². The van der Waals surface area contributed by atoms with Crippen LogP contribution in [0.15, 0.2) is 46.8 Å². The number of nitrogens with two attached hydrogens (primary N) is 1. The average molecular weight is 407 g/mol. The molecule has 1 aromatic carbocycles. The summed E-state index contributed by atoms with van der Waals surface area (Å²) in [6.07, 6.45) is 3.08. The molecule has 1 fully saturated rings. The molecule has 0 radical (unpaired) electrons. The summed E-state index contributed by atoms with van der Waals surface area (Å²) in [5.41, 5.74) is 6.53. The van der Waals surface area contributed by atoms with Crippen LogP contribution in [0.25, 0.3) is 0 Å². The number of benzene rings is 1. The standard InChI is InChI=1S/C20H23F2N3O2S/c1-2-3-8-24-20(27)14-10-25(9-12-4-6-13(21)7-5-12)17-18(26)15(23)11-28-19(17)16(14)22/h4-7,10,15,17H,2-3,8-9,11,23H2,1H3,(H,24,27)/t15-,17?/m0/s1. The van der Waals surface area contributed by atoms with Gasteiger partial charge in [0.1, 0.15) is 17.7 Å². The zero-order chi connectivity index (χ0) is 20.3. The number of carbonyl (C=O) groups is 2. The molecule has 0 spiro atoms. The van der Waals surface area contributed by atoms with Crippen LogP contribution in [0.5, 0.6) is 0 Å². The van der Waals surface area contributed by atoms with Crippen LogP contribution in [-0.2, 0) is 16.1 Å². The normalized spacial score (nSPS) is 22.1. The number of thioether (sulfide) groups is 1. The molecular weight excluding hydrogens is 384 g/mol. The number of hydrogen-bond acceptors (Lipinski definition) is 5. The molecule has 1 saturated heterocycles. The van der Waals surface area contributed by atoms with E-state index in [2.05, 4.69) is 5.32 Å². The lowest BCUT2D eigenvalue weighted by Crippen LogP contribution is -2.52. The van der Waals surface area contributed by atoms with Gasteiger partial charge in [-0.3, -0.25) is 9.59 Å². The van der Waals surface area contributed by atoms with E-state index in [1.165, 1.54) is 30.1 Å². The second-order valence-electron chi connectivity index (χ2n) is 6.85. The van der Waals surface area contributed by atoms with Crippen molar-refractivity contribution < 1.29 is 18.4 Å². The number of nitrogens with one attached hydrogen (secondary N) is 1. The molecule has 150 valence electrons. The van der Waals surface area contributed by atoms with Crippen LogP contribution in [-0.4, -0.2) is 41.0 Å². The van der Waals surface area contributed by atoms with Gasteiger partial charge in [-0.25, -0.2) is 8.78 Å². The highest BCUT2D eigenvalue weighted by atomic mass is 32.2. The Balaban J connectivity index is 1.92. The van der Waals surface area contributed by atoms with E-state index in [1.54, 1.807) is 17.0 Å². The van der Waals surface area contributed by atoms with Gasteiger partial charge in [0.15, 0.2) is 5.78 Å². The number of ketones is 1. The molecular formula is C20H23F2N3O2S. The zero-order valence-electron chi connectivity index (χ0n) is 15.6. The van der Waals surface area contributed by atoms with E-state index in [9.17, 15) is 14.0 Å². The van der Waals surface area contributed by atoms with Crippen LogP contribution in [0.3, 0.4) is 0 Å². The first-order valence-electron chi connectivity index (χ1n) is 9.24. The van der Waals surface area contributed by atoms with E-state index in [1.807, 2.05) is 6.92 Å². The maximum absolute atomic E-state index is 15.1. The van der Waals surface area contributed by atoms with E-state index in [-0.39, 0.29) is 34.4 Å². The Kier molecular flexibility index (Phi) is 6.51. The number of hydrogen-bond donors (Lipinski definition) is 2. The quantitative estimate of drug-likeness (QED) is 0.709. The Morgan fingerprint density at radius 1 is 1.32 bits per heavy atom.